The zero-order chi connectivity index (χ0) is 10.8. The Labute approximate surface area is 87.2 Å². The summed E-state index contributed by atoms with van der Waals surface area (Å²) in [5, 5.41) is -0.486. The van der Waals surface area contributed by atoms with Crippen molar-refractivity contribution >= 4 is 8.81 Å². The third-order valence-corrected chi connectivity index (χ3v) is 2.61. The standard InChI is InChI=1S/C11H17O2P/c1-8-5-6-10(9(2)7-8)13-11(3,4)14-12/h5-7,12,14H,1-4H3. The first-order chi connectivity index (χ1) is 6.44. The lowest BCUT2D eigenvalue weighted by molar-refractivity contribution is 0.193. The molecule has 3 heteroatoms. The van der Waals surface area contributed by atoms with Crippen LogP contribution < -0.4 is 4.74 Å². The van der Waals surface area contributed by atoms with E-state index in [4.69, 9.17) is 9.63 Å². The first-order valence-corrected chi connectivity index (χ1v) is 5.57. The van der Waals surface area contributed by atoms with Gasteiger partial charge in [0.1, 0.15) is 11.1 Å². The molecule has 1 N–H and O–H groups in total. The first-order valence-electron chi connectivity index (χ1n) is 4.62. The van der Waals surface area contributed by atoms with Crippen molar-refractivity contribution in [3.63, 3.8) is 0 Å². The quantitative estimate of drug-likeness (QED) is 0.780. The highest BCUT2D eigenvalue weighted by Crippen LogP contribution is 2.32. The summed E-state index contributed by atoms with van der Waals surface area (Å²) in [6, 6.07) is 6.04. The molecule has 0 bridgehead atoms. The Hall–Kier alpha value is -0.590. The maximum atomic E-state index is 9.10. The molecule has 1 rings (SSSR count). The number of hydrogen-bond acceptors (Lipinski definition) is 2. The zero-order valence-corrected chi connectivity index (χ0v) is 10.1. The van der Waals surface area contributed by atoms with Gasteiger partial charge in [-0.05, 0) is 39.3 Å². The van der Waals surface area contributed by atoms with Crippen LogP contribution in [0.3, 0.4) is 0 Å². The fourth-order valence-corrected chi connectivity index (χ4v) is 1.37. The van der Waals surface area contributed by atoms with Gasteiger partial charge in [0.2, 0.25) is 0 Å². The highest BCUT2D eigenvalue weighted by molar-refractivity contribution is 7.32. The fraction of sp³-hybridized carbons (Fsp3) is 0.455. The van der Waals surface area contributed by atoms with Crippen LogP contribution in [0.2, 0.25) is 0 Å². The van der Waals surface area contributed by atoms with Gasteiger partial charge in [-0.1, -0.05) is 17.7 Å². The van der Waals surface area contributed by atoms with Gasteiger partial charge in [-0.3, -0.25) is 0 Å². The predicted octanol–water partition coefficient (Wildman–Crippen LogP) is 3.00. The van der Waals surface area contributed by atoms with Crippen LogP contribution in [0.25, 0.3) is 0 Å². The Morgan fingerprint density at radius 2 is 1.93 bits per heavy atom. The summed E-state index contributed by atoms with van der Waals surface area (Å²) in [4.78, 5) is 9.10. The van der Waals surface area contributed by atoms with Gasteiger partial charge in [0, 0.05) is 0 Å². The molecule has 0 spiro atoms. The Morgan fingerprint density at radius 3 is 2.43 bits per heavy atom. The summed E-state index contributed by atoms with van der Waals surface area (Å²) in [5.74, 6) is 0.849. The monoisotopic (exact) mass is 212 g/mol. The number of benzene rings is 1. The highest BCUT2D eigenvalue weighted by Gasteiger charge is 2.19. The van der Waals surface area contributed by atoms with E-state index in [9.17, 15) is 0 Å². The van der Waals surface area contributed by atoms with Gasteiger partial charge in [0.05, 0.1) is 8.81 Å². The Balaban J connectivity index is 2.87. The minimum absolute atomic E-state index is 0.219. The third kappa shape index (κ3) is 2.97. The minimum atomic E-state index is -0.486. The second-order valence-electron chi connectivity index (χ2n) is 3.99. The molecule has 1 aromatic carbocycles. The SMILES string of the molecule is Cc1ccc(OC(C)(C)PO)c(C)c1. The molecular weight excluding hydrogens is 195 g/mol. The summed E-state index contributed by atoms with van der Waals surface area (Å²) < 4.78 is 5.70. The average molecular weight is 212 g/mol. The van der Waals surface area contributed by atoms with Crippen molar-refractivity contribution in [1.82, 2.24) is 0 Å². The smallest absolute Gasteiger partial charge is 0.143 e. The molecule has 0 aliphatic heterocycles. The zero-order valence-electron chi connectivity index (χ0n) is 9.09. The van der Waals surface area contributed by atoms with Gasteiger partial charge in [0.25, 0.3) is 0 Å². The molecule has 78 valence electrons. The van der Waals surface area contributed by atoms with Crippen molar-refractivity contribution in [2.75, 3.05) is 0 Å². The summed E-state index contributed by atoms with van der Waals surface area (Å²) >= 11 is 0. The highest BCUT2D eigenvalue weighted by atomic mass is 31.1. The molecular formula is C11H17O2P. The van der Waals surface area contributed by atoms with Crippen molar-refractivity contribution in [3.05, 3.63) is 29.3 Å². The molecule has 0 radical (unpaired) electrons. The Morgan fingerprint density at radius 1 is 1.29 bits per heavy atom. The molecule has 2 nitrogen and oxygen atoms in total. The Bertz CT molecular complexity index is 321. The summed E-state index contributed by atoms with van der Waals surface area (Å²) in [5.41, 5.74) is 2.33. The van der Waals surface area contributed by atoms with Crippen molar-refractivity contribution in [3.8, 4) is 5.75 Å². The van der Waals surface area contributed by atoms with E-state index >= 15 is 0 Å². The van der Waals surface area contributed by atoms with Gasteiger partial charge >= 0.3 is 0 Å². The van der Waals surface area contributed by atoms with E-state index in [0.29, 0.717) is 0 Å². The van der Waals surface area contributed by atoms with Gasteiger partial charge in [-0.2, -0.15) is 0 Å². The van der Waals surface area contributed by atoms with E-state index in [2.05, 4.69) is 13.0 Å². The van der Waals surface area contributed by atoms with Gasteiger partial charge < -0.3 is 9.63 Å². The molecule has 1 atom stereocenters. The molecule has 1 aromatic rings. The lowest BCUT2D eigenvalue weighted by atomic mass is 10.1. The van der Waals surface area contributed by atoms with Crippen LogP contribution >= 0.6 is 8.81 Å². The number of rotatable bonds is 3. The molecule has 14 heavy (non-hydrogen) atoms. The second-order valence-corrected chi connectivity index (χ2v) is 5.42. The molecule has 1 unspecified atom stereocenters. The molecule has 0 aliphatic carbocycles. The van der Waals surface area contributed by atoms with Crippen LogP contribution in [0.15, 0.2) is 18.2 Å². The molecule has 0 fully saturated rings. The maximum absolute atomic E-state index is 9.10. The van der Waals surface area contributed by atoms with Gasteiger partial charge in [-0.25, -0.2) is 0 Å². The van der Waals surface area contributed by atoms with Crippen LogP contribution in [0.1, 0.15) is 25.0 Å². The lowest BCUT2D eigenvalue weighted by Crippen LogP contribution is -2.22. The van der Waals surface area contributed by atoms with Crippen molar-refractivity contribution in [1.29, 1.82) is 0 Å². The van der Waals surface area contributed by atoms with Crippen molar-refractivity contribution in [2.24, 2.45) is 0 Å². The van der Waals surface area contributed by atoms with E-state index in [1.165, 1.54) is 5.56 Å². The molecule has 0 aliphatic rings. The first kappa shape index (κ1) is 11.5. The molecule has 0 amide bonds. The number of ether oxygens (including phenoxy) is 1. The minimum Gasteiger partial charge on any atom is -0.481 e. The van der Waals surface area contributed by atoms with E-state index < -0.39 is 5.34 Å². The number of aryl methyl sites for hydroxylation is 2. The molecule has 0 aromatic heterocycles. The topological polar surface area (TPSA) is 29.5 Å². The maximum Gasteiger partial charge on any atom is 0.143 e. The summed E-state index contributed by atoms with van der Waals surface area (Å²) in [6.45, 7) is 7.82. The van der Waals surface area contributed by atoms with Gasteiger partial charge in [0.15, 0.2) is 0 Å². The fourth-order valence-electron chi connectivity index (χ4n) is 1.21. The molecule has 0 saturated carbocycles. The number of hydrogen-bond donors (Lipinski definition) is 1. The average Bonchev–Trinajstić information content (AvgIpc) is 2.10. The predicted molar refractivity (Wildman–Crippen MR) is 61.2 cm³/mol. The van der Waals surface area contributed by atoms with Crippen LogP contribution in [0, 0.1) is 13.8 Å². The molecule has 0 saturated heterocycles. The van der Waals surface area contributed by atoms with Gasteiger partial charge in [-0.15, -0.1) is 0 Å². The van der Waals surface area contributed by atoms with Crippen molar-refractivity contribution in [2.45, 2.75) is 33.0 Å². The van der Waals surface area contributed by atoms with Crippen LogP contribution in [0.4, 0.5) is 0 Å². The van der Waals surface area contributed by atoms with Crippen LogP contribution in [-0.4, -0.2) is 10.2 Å². The summed E-state index contributed by atoms with van der Waals surface area (Å²) in [7, 11) is -0.219. The largest absolute Gasteiger partial charge is 0.481 e. The van der Waals surface area contributed by atoms with E-state index in [1.54, 1.807) is 0 Å². The lowest BCUT2D eigenvalue weighted by Gasteiger charge is -2.24. The normalized spacial score (nSPS) is 12.4. The summed E-state index contributed by atoms with van der Waals surface area (Å²) in [6.07, 6.45) is 0. The van der Waals surface area contributed by atoms with E-state index in [-0.39, 0.29) is 8.81 Å². The third-order valence-electron chi connectivity index (χ3n) is 1.96. The van der Waals surface area contributed by atoms with E-state index in [1.807, 2.05) is 32.9 Å². The van der Waals surface area contributed by atoms with Crippen molar-refractivity contribution < 1.29 is 9.63 Å². The van der Waals surface area contributed by atoms with Crippen LogP contribution in [0.5, 0.6) is 5.75 Å². The Kier molecular flexibility index (Phi) is 3.52. The molecule has 0 heterocycles. The van der Waals surface area contributed by atoms with Crippen LogP contribution in [-0.2, 0) is 0 Å². The van der Waals surface area contributed by atoms with E-state index in [0.717, 1.165) is 11.3 Å². The second kappa shape index (κ2) is 4.29.